The minimum absolute atomic E-state index is 0.0166. The molecule has 0 unspecified atom stereocenters. The van der Waals surface area contributed by atoms with E-state index in [-0.39, 0.29) is 6.23 Å². The molecule has 2 aromatic carbocycles. The van der Waals surface area contributed by atoms with Gasteiger partial charge in [-0.3, -0.25) is 0 Å². The molecule has 3 aromatic rings. The third kappa shape index (κ3) is 2.72. The molecule has 0 spiro atoms. The smallest absolute Gasteiger partial charge is 0.158 e. The van der Waals surface area contributed by atoms with Crippen molar-refractivity contribution in [3.05, 3.63) is 83.7 Å². The highest BCUT2D eigenvalue weighted by Gasteiger charge is 2.28. The van der Waals surface area contributed by atoms with E-state index < -0.39 is 0 Å². The van der Waals surface area contributed by atoms with Gasteiger partial charge in [0.25, 0.3) is 0 Å². The number of benzene rings is 2. The van der Waals surface area contributed by atoms with Crippen LogP contribution in [0.25, 0.3) is 5.69 Å². The zero-order valence-electron chi connectivity index (χ0n) is 14.1. The number of aromatic nitrogens is 1. The molecule has 0 aliphatic carbocycles. The maximum absolute atomic E-state index is 6.04. The number of aryl methyl sites for hydroxylation is 2. The molecule has 1 fully saturated rings. The highest BCUT2D eigenvalue weighted by Crippen LogP contribution is 2.33. The second-order valence-electron chi connectivity index (χ2n) is 6.39. The lowest BCUT2D eigenvalue weighted by Gasteiger charge is -2.25. The van der Waals surface area contributed by atoms with Gasteiger partial charge in [-0.15, -0.1) is 0 Å². The van der Waals surface area contributed by atoms with E-state index in [4.69, 9.17) is 4.74 Å². The van der Waals surface area contributed by atoms with Gasteiger partial charge in [0, 0.05) is 35.9 Å². The fourth-order valence-electron chi connectivity index (χ4n) is 3.38. The number of nitrogens with zero attached hydrogens (tertiary/aromatic N) is 2. The van der Waals surface area contributed by atoms with Crippen molar-refractivity contribution in [1.29, 1.82) is 0 Å². The Bertz CT molecular complexity index is 852. The summed E-state index contributed by atoms with van der Waals surface area (Å²) < 4.78 is 8.22. The van der Waals surface area contributed by atoms with Crippen LogP contribution in [0.4, 0.5) is 5.69 Å². The number of para-hydroxylation sites is 1. The van der Waals surface area contributed by atoms with E-state index >= 15 is 0 Å². The first-order valence-corrected chi connectivity index (χ1v) is 8.41. The van der Waals surface area contributed by atoms with Crippen molar-refractivity contribution in [1.82, 2.24) is 4.57 Å². The lowest BCUT2D eigenvalue weighted by atomic mass is 10.2. The van der Waals surface area contributed by atoms with Gasteiger partial charge in [0.05, 0.1) is 6.61 Å². The Morgan fingerprint density at radius 1 is 1.00 bits per heavy atom. The van der Waals surface area contributed by atoms with Gasteiger partial charge in [-0.05, 0) is 49.2 Å². The van der Waals surface area contributed by atoms with Gasteiger partial charge >= 0.3 is 0 Å². The van der Waals surface area contributed by atoms with Crippen molar-refractivity contribution in [2.45, 2.75) is 20.1 Å². The normalized spacial score (nSPS) is 17.4. The number of anilines is 1. The molecular formula is C21H22N2O. The lowest BCUT2D eigenvalue weighted by Crippen LogP contribution is -2.23. The fourth-order valence-corrected chi connectivity index (χ4v) is 3.38. The molecule has 0 radical (unpaired) electrons. The highest BCUT2D eigenvalue weighted by atomic mass is 16.5. The summed E-state index contributed by atoms with van der Waals surface area (Å²) in [5.74, 6) is 0. The number of hydrogen-bond donors (Lipinski definition) is 0. The first kappa shape index (κ1) is 15.0. The molecule has 0 amide bonds. The maximum Gasteiger partial charge on any atom is 0.158 e. The summed E-state index contributed by atoms with van der Waals surface area (Å²) >= 11 is 0. The van der Waals surface area contributed by atoms with Crippen LogP contribution in [0.15, 0.2) is 67.0 Å². The Balaban J connectivity index is 1.65. The molecule has 2 heterocycles. The zero-order chi connectivity index (χ0) is 16.5. The predicted molar refractivity (Wildman–Crippen MR) is 97.7 cm³/mol. The average Bonchev–Trinajstić information content (AvgIpc) is 3.24. The molecule has 0 saturated carbocycles. The largest absolute Gasteiger partial charge is 0.352 e. The standard InChI is InChI=1S/C21H22N2O/c1-16-6-5-8-19(14-16)23-12-13-24-21(23)18-10-11-22(15-18)20-9-4-3-7-17(20)2/h3-11,14-15,21H,12-13H2,1-2H3/t21-/m1/s1. The summed E-state index contributed by atoms with van der Waals surface area (Å²) in [6.07, 6.45) is 4.28. The lowest BCUT2D eigenvalue weighted by molar-refractivity contribution is 0.114. The van der Waals surface area contributed by atoms with E-state index in [1.165, 1.54) is 28.1 Å². The van der Waals surface area contributed by atoms with Gasteiger partial charge < -0.3 is 14.2 Å². The van der Waals surface area contributed by atoms with Gasteiger partial charge in [-0.1, -0.05) is 30.3 Å². The summed E-state index contributed by atoms with van der Waals surface area (Å²) in [7, 11) is 0. The summed E-state index contributed by atoms with van der Waals surface area (Å²) in [6, 6.07) is 19.2. The van der Waals surface area contributed by atoms with Gasteiger partial charge in [0.15, 0.2) is 6.23 Å². The summed E-state index contributed by atoms with van der Waals surface area (Å²) in [5.41, 5.74) is 6.17. The van der Waals surface area contributed by atoms with Crippen molar-refractivity contribution in [3.8, 4) is 5.69 Å². The monoisotopic (exact) mass is 318 g/mol. The number of rotatable bonds is 3. The Kier molecular flexibility index (Phi) is 3.87. The van der Waals surface area contributed by atoms with Crippen molar-refractivity contribution in [2.75, 3.05) is 18.1 Å². The molecule has 1 saturated heterocycles. The molecular weight excluding hydrogens is 296 g/mol. The molecule has 4 rings (SSSR count). The Labute approximate surface area is 143 Å². The average molecular weight is 318 g/mol. The first-order chi connectivity index (χ1) is 11.7. The Morgan fingerprint density at radius 2 is 1.88 bits per heavy atom. The van der Waals surface area contributed by atoms with Crippen LogP contribution in [0.5, 0.6) is 0 Å². The Hall–Kier alpha value is -2.52. The van der Waals surface area contributed by atoms with Crippen LogP contribution in [0.3, 0.4) is 0 Å². The van der Waals surface area contributed by atoms with Crippen LogP contribution in [-0.2, 0) is 4.74 Å². The van der Waals surface area contributed by atoms with Crippen LogP contribution in [0.2, 0.25) is 0 Å². The molecule has 1 aliphatic heterocycles. The SMILES string of the molecule is Cc1cccc(N2CCO[C@@H]2c2ccn(-c3ccccc3C)c2)c1. The quantitative estimate of drug-likeness (QED) is 0.700. The summed E-state index contributed by atoms with van der Waals surface area (Å²) in [6.45, 7) is 5.95. The third-order valence-electron chi connectivity index (χ3n) is 4.62. The number of hydrogen-bond acceptors (Lipinski definition) is 2. The zero-order valence-corrected chi connectivity index (χ0v) is 14.1. The molecule has 1 aromatic heterocycles. The topological polar surface area (TPSA) is 17.4 Å². The second kappa shape index (κ2) is 6.17. The van der Waals surface area contributed by atoms with E-state index in [9.17, 15) is 0 Å². The minimum Gasteiger partial charge on any atom is -0.352 e. The predicted octanol–water partition coefficient (Wildman–Crippen LogP) is 4.63. The van der Waals surface area contributed by atoms with Crippen molar-refractivity contribution in [3.63, 3.8) is 0 Å². The summed E-state index contributed by atoms with van der Waals surface area (Å²) in [4.78, 5) is 2.34. The molecule has 24 heavy (non-hydrogen) atoms. The van der Waals surface area contributed by atoms with E-state index in [0.29, 0.717) is 0 Å². The van der Waals surface area contributed by atoms with E-state index in [1.54, 1.807) is 0 Å². The molecule has 1 atom stereocenters. The van der Waals surface area contributed by atoms with E-state index in [1.807, 2.05) is 0 Å². The molecule has 3 nitrogen and oxygen atoms in total. The molecule has 1 aliphatic rings. The second-order valence-corrected chi connectivity index (χ2v) is 6.39. The molecule has 0 bridgehead atoms. The number of ether oxygens (including phenoxy) is 1. The van der Waals surface area contributed by atoms with E-state index in [2.05, 4.69) is 90.3 Å². The summed E-state index contributed by atoms with van der Waals surface area (Å²) in [5, 5.41) is 0. The third-order valence-corrected chi connectivity index (χ3v) is 4.62. The van der Waals surface area contributed by atoms with Crippen LogP contribution >= 0.6 is 0 Å². The minimum atomic E-state index is -0.0166. The van der Waals surface area contributed by atoms with Crippen LogP contribution < -0.4 is 4.90 Å². The first-order valence-electron chi connectivity index (χ1n) is 8.41. The van der Waals surface area contributed by atoms with Gasteiger partial charge in [0.1, 0.15) is 0 Å². The van der Waals surface area contributed by atoms with Crippen LogP contribution in [0.1, 0.15) is 22.9 Å². The van der Waals surface area contributed by atoms with Crippen LogP contribution in [-0.4, -0.2) is 17.7 Å². The maximum atomic E-state index is 6.04. The van der Waals surface area contributed by atoms with Crippen LogP contribution in [0, 0.1) is 13.8 Å². The van der Waals surface area contributed by atoms with Crippen molar-refractivity contribution < 1.29 is 4.74 Å². The van der Waals surface area contributed by atoms with E-state index in [0.717, 1.165) is 13.2 Å². The highest BCUT2D eigenvalue weighted by molar-refractivity contribution is 5.51. The van der Waals surface area contributed by atoms with Gasteiger partial charge in [-0.2, -0.15) is 0 Å². The van der Waals surface area contributed by atoms with Gasteiger partial charge in [0.2, 0.25) is 0 Å². The molecule has 122 valence electrons. The fraction of sp³-hybridized carbons (Fsp3) is 0.238. The van der Waals surface area contributed by atoms with Crippen molar-refractivity contribution >= 4 is 5.69 Å². The Morgan fingerprint density at radius 3 is 2.71 bits per heavy atom. The molecule has 0 N–H and O–H groups in total. The van der Waals surface area contributed by atoms with Gasteiger partial charge in [-0.25, -0.2) is 0 Å². The van der Waals surface area contributed by atoms with Crippen molar-refractivity contribution in [2.24, 2.45) is 0 Å². The molecule has 3 heteroatoms.